The van der Waals surface area contributed by atoms with Gasteiger partial charge >= 0.3 is 0 Å². The van der Waals surface area contributed by atoms with Crippen LogP contribution < -0.4 is 9.47 Å². The van der Waals surface area contributed by atoms with E-state index in [1.165, 1.54) is 23.9 Å². The van der Waals surface area contributed by atoms with Crippen molar-refractivity contribution in [3.8, 4) is 34.3 Å². The molecule has 3 heterocycles. The maximum Gasteiger partial charge on any atom is 0.277 e. The zero-order chi connectivity index (χ0) is 20.5. The SMILES string of the molecule is O=[N+]([O-])c1ccc(-c2noc(CSc3nnc(-c4ccc5c(c4)OCO5)o3)n2)cc1. The Balaban J connectivity index is 1.24. The van der Waals surface area contributed by atoms with Crippen LogP contribution in [0, 0.1) is 10.1 Å². The van der Waals surface area contributed by atoms with Gasteiger partial charge in [-0.05, 0) is 30.3 Å². The number of benzene rings is 2. The van der Waals surface area contributed by atoms with Crippen molar-refractivity contribution in [2.24, 2.45) is 0 Å². The second-order valence-corrected chi connectivity index (χ2v) is 6.97. The van der Waals surface area contributed by atoms with Gasteiger partial charge in [-0.3, -0.25) is 10.1 Å². The summed E-state index contributed by atoms with van der Waals surface area (Å²) in [6.45, 7) is 0.190. The number of non-ortho nitro benzene ring substituents is 1. The molecule has 2 aromatic carbocycles. The highest BCUT2D eigenvalue weighted by atomic mass is 32.2. The van der Waals surface area contributed by atoms with Crippen molar-refractivity contribution in [2.45, 2.75) is 11.0 Å². The van der Waals surface area contributed by atoms with Crippen molar-refractivity contribution in [1.82, 2.24) is 20.3 Å². The summed E-state index contributed by atoms with van der Waals surface area (Å²) in [6, 6.07) is 11.3. The Hall–Kier alpha value is -3.93. The predicted octanol–water partition coefficient (Wildman–Crippen LogP) is 3.72. The molecular weight excluding hydrogens is 414 g/mol. The van der Waals surface area contributed by atoms with Crippen LogP contribution in [-0.4, -0.2) is 32.1 Å². The van der Waals surface area contributed by atoms with Gasteiger partial charge in [0.1, 0.15) is 0 Å². The number of hydrogen-bond donors (Lipinski definition) is 0. The van der Waals surface area contributed by atoms with Gasteiger partial charge < -0.3 is 18.4 Å². The molecule has 0 atom stereocenters. The van der Waals surface area contributed by atoms with Crippen LogP contribution >= 0.6 is 11.8 Å². The molecule has 1 aliphatic rings. The minimum atomic E-state index is -0.468. The fourth-order valence-electron chi connectivity index (χ4n) is 2.70. The van der Waals surface area contributed by atoms with E-state index < -0.39 is 4.92 Å². The third-order valence-corrected chi connectivity index (χ3v) is 4.95. The number of nitro groups is 1. The number of rotatable bonds is 6. The van der Waals surface area contributed by atoms with Crippen molar-refractivity contribution < 1.29 is 23.3 Å². The van der Waals surface area contributed by atoms with E-state index in [1.807, 2.05) is 6.07 Å². The summed E-state index contributed by atoms with van der Waals surface area (Å²) in [5.41, 5.74) is 1.33. The van der Waals surface area contributed by atoms with Crippen molar-refractivity contribution >= 4 is 17.4 Å². The molecule has 150 valence electrons. The lowest BCUT2D eigenvalue weighted by Gasteiger charge is -1.97. The third kappa shape index (κ3) is 3.55. The van der Waals surface area contributed by atoms with E-state index in [0.29, 0.717) is 45.6 Å². The Morgan fingerprint density at radius 3 is 2.67 bits per heavy atom. The molecular formula is C18H11N5O6S. The Morgan fingerprint density at radius 2 is 1.83 bits per heavy atom. The number of fused-ring (bicyclic) bond motifs is 1. The number of thioether (sulfide) groups is 1. The molecule has 11 nitrogen and oxygen atoms in total. The van der Waals surface area contributed by atoms with E-state index in [2.05, 4.69) is 20.3 Å². The molecule has 0 saturated heterocycles. The number of aromatic nitrogens is 4. The summed E-state index contributed by atoms with van der Waals surface area (Å²) in [5, 5.41) is 23.0. The molecule has 0 unspecified atom stereocenters. The van der Waals surface area contributed by atoms with Gasteiger partial charge in [0.2, 0.25) is 24.4 Å². The molecule has 4 aromatic rings. The highest BCUT2D eigenvalue weighted by Crippen LogP contribution is 2.36. The lowest BCUT2D eigenvalue weighted by Crippen LogP contribution is -1.92. The molecule has 1 aliphatic heterocycles. The van der Waals surface area contributed by atoms with Crippen molar-refractivity contribution in [1.29, 1.82) is 0 Å². The minimum Gasteiger partial charge on any atom is -0.454 e. The highest BCUT2D eigenvalue weighted by Gasteiger charge is 2.18. The van der Waals surface area contributed by atoms with Gasteiger partial charge in [-0.1, -0.05) is 16.9 Å². The van der Waals surface area contributed by atoms with Crippen molar-refractivity contribution in [3.63, 3.8) is 0 Å². The van der Waals surface area contributed by atoms with E-state index in [-0.39, 0.29) is 12.5 Å². The van der Waals surface area contributed by atoms with Crippen LogP contribution in [0.25, 0.3) is 22.8 Å². The van der Waals surface area contributed by atoms with Gasteiger partial charge in [-0.15, -0.1) is 10.2 Å². The van der Waals surface area contributed by atoms with Gasteiger partial charge in [0, 0.05) is 23.3 Å². The van der Waals surface area contributed by atoms with E-state index in [4.69, 9.17) is 18.4 Å². The maximum absolute atomic E-state index is 10.7. The molecule has 2 aromatic heterocycles. The van der Waals surface area contributed by atoms with Crippen LogP contribution in [-0.2, 0) is 5.75 Å². The molecule has 0 aliphatic carbocycles. The normalized spacial score (nSPS) is 12.3. The highest BCUT2D eigenvalue weighted by molar-refractivity contribution is 7.98. The Labute approximate surface area is 172 Å². The quantitative estimate of drug-likeness (QED) is 0.253. The van der Waals surface area contributed by atoms with Gasteiger partial charge in [0.05, 0.1) is 10.7 Å². The van der Waals surface area contributed by atoms with Crippen LogP contribution in [0.3, 0.4) is 0 Å². The summed E-state index contributed by atoms with van der Waals surface area (Å²) in [4.78, 5) is 14.6. The lowest BCUT2D eigenvalue weighted by molar-refractivity contribution is -0.384. The Bertz CT molecular complexity index is 1220. The fraction of sp³-hybridized carbons (Fsp3) is 0.111. The molecule has 0 bridgehead atoms. The second-order valence-electron chi connectivity index (χ2n) is 6.05. The summed E-state index contributed by atoms with van der Waals surface area (Å²) in [7, 11) is 0. The van der Waals surface area contributed by atoms with Gasteiger partial charge in [-0.25, -0.2) is 0 Å². The van der Waals surface area contributed by atoms with E-state index in [1.54, 1.807) is 24.3 Å². The summed E-state index contributed by atoms with van der Waals surface area (Å²) < 4.78 is 21.5. The lowest BCUT2D eigenvalue weighted by atomic mass is 10.2. The number of hydrogen-bond acceptors (Lipinski definition) is 11. The smallest absolute Gasteiger partial charge is 0.277 e. The molecule has 0 amide bonds. The zero-order valence-corrected chi connectivity index (χ0v) is 15.9. The predicted molar refractivity (Wildman–Crippen MR) is 102 cm³/mol. The molecule has 0 saturated carbocycles. The molecule has 0 N–H and O–H groups in total. The van der Waals surface area contributed by atoms with Gasteiger partial charge in [0.25, 0.3) is 10.9 Å². The van der Waals surface area contributed by atoms with Crippen LogP contribution in [0.2, 0.25) is 0 Å². The van der Waals surface area contributed by atoms with Crippen molar-refractivity contribution in [2.75, 3.05) is 6.79 Å². The Kier molecular flexibility index (Phi) is 4.52. The third-order valence-electron chi connectivity index (χ3n) is 4.15. The maximum atomic E-state index is 10.7. The van der Waals surface area contributed by atoms with Crippen LogP contribution in [0.1, 0.15) is 5.89 Å². The Morgan fingerprint density at radius 1 is 1.03 bits per heavy atom. The topological polar surface area (TPSA) is 139 Å². The van der Waals surface area contributed by atoms with E-state index in [0.717, 1.165) is 5.56 Å². The van der Waals surface area contributed by atoms with Crippen molar-refractivity contribution in [3.05, 3.63) is 58.5 Å². The summed E-state index contributed by atoms with van der Waals surface area (Å²) in [6.07, 6.45) is 0. The van der Waals surface area contributed by atoms with E-state index in [9.17, 15) is 10.1 Å². The number of nitrogens with zero attached hydrogens (tertiary/aromatic N) is 5. The van der Waals surface area contributed by atoms with Crippen LogP contribution in [0.15, 0.2) is 56.6 Å². The molecule has 5 rings (SSSR count). The molecule has 0 radical (unpaired) electrons. The standard InChI is InChI=1S/C18H11N5O6S/c24-23(25)12-4-1-10(2-5-12)16-19-15(29-22-16)8-30-18-21-20-17(28-18)11-3-6-13-14(7-11)27-9-26-13/h1-7H,8-9H2. The second kappa shape index (κ2) is 7.48. The molecule has 0 spiro atoms. The fourth-order valence-corrected chi connectivity index (χ4v) is 3.30. The van der Waals surface area contributed by atoms with Crippen LogP contribution in [0.5, 0.6) is 11.5 Å². The summed E-state index contributed by atoms with van der Waals surface area (Å²) in [5.74, 6) is 2.68. The molecule has 0 fully saturated rings. The zero-order valence-electron chi connectivity index (χ0n) is 15.0. The van der Waals surface area contributed by atoms with E-state index >= 15 is 0 Å². The first-order valence-corrected chi connectivity index (χ1v) is 9.58. The summed E-state index contributed by atoms with van der Waals surface area (Å²) >= 11 is 1.25. The van der Waals surface area contributed by atoms with Crippen LogP contribution in [0.4, 0.5) is 5.69 Å². The van der Waals surface area contributed by atoms with Gasteiger partial charge in [0.15, 0.2) is 11.5 Å². The first-order chi connectivity index (χ1) is 14.7. The largest absolute Gasteiger partial charge is 0.454 e. The average Bonchev–Trinajstić information content (AvgIpc) is 3.52. The van der Waals surface area contributed by atoms with Gasteiger partial charge in [-0.2, -0.15) is 4.98 Å². The monoisotopic (exact) mass is 425 g/mol. The first kappa shape index (κ1) is 18.1. The molecule has 12 heteroatoms. The average molecular weight is 425 g/mol. The number of ether oxygens (including phenoxy) is 2. The molecule has 30 heavy (non-hydrogen) atoms. The minimum absolute atomic E-state index is 0.00678. The number of nitro benzene ring substituents is 1. The first-order valence-electron chi connectivity index (χ1n) is 8.59.